The lowest BCUT2D eigenvalue weighted by atomic mass is 10.1. The van der Waals surface area contributed by atoms with Crippen LogP contribution in [0, 0.1) is 0 Å². The zero-order valence-corrected chi connectivity index (χ0v) is 12.6. The average Bonchev–Trinajstić information content (AvgIpc) is 2.79. The van der Waals surface area contributed by atoms with Crippen molar-refractivity contribution in [3.8, 4) is 0 Å². The maximum absolute atomic E-state index is 11.8. The van der Waals surface area contributed by atoms with E-state index in [0.717, 1.165) is 13.0 Å². The highest BCUT2D eigenvalue weighted by Gasteiger charge is 2.30. The minimum Gasteiger partial charge on any atom is -0.385 e. The van der Waals surface area contributed by atoms with E-state index in [0.29, 0.717) is 17.9 Å². The SMILES string of the molecule is COCCCNC(=O)C(C)NCC1(C)CCCS1. The predicted octanol–water partition coefficient (Wildman–Crippen LogP) is 1.40. The van der Waals surface area contributed by atoms with Crippen molar-refractivity contribution in [2.75, 3.05) is 32.6 Å². The van der Waals surface area contributed by atoms with Crippen molar-refractivity contribution in [3.05, 3.63) is 0 Å². The van der Waals surface area contributed by atoms with Crippen LogP contribution in [0.25, 0.3) is 0 Å². The molecule has 1 fully saturated rings. The Morgan fingerprint density at radius 1 is 1.56 bits per heavy atom. The van der Waals surface area contributed by atoms with Gasteiger partial charge in [0.15, 0.2) is 0 Å². The van der Waals surface area contributed by atoms with Gasteiger partial charge in [-0.15, -0.1) is 0 Å². The second kappa shape index (κ2) is 8.02. The van der Waals surface area contributed by atoms with Crippen molar-refractivity contribution >= 4 is 17.7 Å². The lowest BCUT2D eigenvalue weighted by Gasteiger charge is -2.25. The minimum absolute atomic E-state index is 0.0812. The fourth-order valence-corrected chi connectivity index (χ4v) is 3.27. The molecule has 2 atom stereocenters. The largest absolute Gasteiger partial charge is 0.385 e. The van der Waals surface area contributed by atoms with Crippen LogP contribution in [-0.4, -0.2) is 49.3 Å². The Morgan fingerprint density at radius 2 is 2.33 bits per heavy atom. The first-order chi connectivity index (χ1) is 8.57. The van der Waals surface area contributed by atoms with Gasteiger partial charge in [-0.1, -0.05) is 0 Å². The van der Waals surface area contributed by atoms with Crippen LogP contribution in [0.1, 0.15) is 33.1 Å². The zero-order valence-electron chi connectivity index (χ0n) is 11.8. The first-order valence-electron chi connectivity index (χ1n) is 6.71. The van der Waals surface area contributed by atoms with Gasteiger partial charge in [-0.25, -0.2) is 0 Å². The Bertz CT molecular complexity index is 255. The van der Waals surface area contributed by atoms with Crippen LogP contribution in [0.3, 0.4) is 0 Å². The molecule has 0 spiro atoms. The summed E-state index contributed by atoms with van der Waals surface area (Å²) in [5.41, 5.74) is 0. The molecule has 0 aromatic carbocycles. The van der Waals surface area contributed by atoms with Gasteiger partial charge in [0.1, 0.15) is 0 Å². The normalized spacial score (nSPS) is 25.1. The molecule has 18 heavy (non-hydrogen) atoms. The van der Waals surface area contributed by atoms with Gasteiger partial charge in [0.05, 0.1) is 6.04 Å². The van der Waals surface area contributed by atoms with Crippen LogP contribution in [0.15, 0.2) is 0 Å². The van der Waals surface area contributed by atoms with Crippen molar-refractivity contribution in [2.45, 2.75) is 43.9 Å². The van der Waals surface area contributed by atoms with E-state index in [9.17, 15) is 4.79 Å². The number of rotatable bonds is 8. The number of hydrogen-bond donors (Lipinski definition) is 2. The average molecular weight is 274 g/mol. The molecule has 0 aliphatic carbocycles. The van der Waals surface area contributed by atoms with E-state index >= 15 is 0 Å². The molecule has 1 amide bonds. The standard InChI is InChI=1S/C13H26N2O2S/c1-11(12(16)14-7-5-8-17-3)15-10-13(2)6-4-9-18-13/h11,15H,4-10H2,1-3H3,(H,14,16). The molecule has 5 heteroatoms. The monoisotopic (exact) mass is 274 g/mol. The molecule has 1 saturated heterocycles. The summed E-state index contributed by atoms with van der Waals surface area (Å²) in [6.45, 7) is 6.49. The summed E-state index contributed by atoms with van der Waals surface area (Å²) in [7, 11) is 1.67. The molecular formula is C13H26N2O2S. The van der Waals surface area contributed by atoms with Gasteiger partial charge < -0.3 is 15.4 Å². The minimum atomic E-state index is -0.120. The third-order valence-electron chi connectivity index (χ3n) is 3.30. The third kappa shape index (κ3) is 5.59. The molecule has 0 aromatic rings. The highest BCUT2D eigenvalue weighted by Crippen LogP contribution is 2.36. The fourth-order valence-electron chi connectivity index (χ4n) is 2.02. The Labute approximate surface area is 115 Å². The molecule has 2 N–H and O–H groups in total. The second-order valence-electron chi connectivity index (χ2n) is 5.14. The number of methoxy groups -OCH3 is 1. The Hall–Kier alpha value is -0.260. The Morgan fingerprint density at radius 3 is 2.94 bits per heavy atom. The summed E-state index contributed by atoms with van der Waals surface area (Å²) in [5, 5.41) is 6.26. The fraction of sp³-hybridized carbons (Fsp3) is 0.923. The number of carbonyl (C=O) groups is 1. The maximum atomic E-state index is 11.8. The van der Waals surface area contributed by atoms with E-state index in [2.05, 4.69) is 17.6 Å². The van der Waals surface area contributed by atoms with Crippen LogP contribution < -0.4 is 10.6 Å². The van der Waals surface area contributed by atoms with E-state index in [1.54, 1.807) is 7.11 Å². The molecule has 1 heterocycles. The summed E-state index contributed by atoms with van der Waals surface area (Å²) in [5.74, 6) is 1.33. The first-order valence-corrected chi connectivity index (χ1v) is 7.70. The van der Waals surface area contributed by atoms with E-state index in [4.69, 9.17) is 4.74 Å². The van der Waals surface area contributed by atoms with E-state index in [-0.39, 0.29) is 11.9 Å². The maximum Gasteiger partial charge on any atom is 0.236 e. The molecule has 0 saturated carbocycles. The second-order valence-corrected chi connectivity index (χ2v) is 6.82. The van der Waals surface area contributed by atoms with Crippen molar-refractivity contribution in [1.29, 1.82) is 0 Å². The molecular weight excluding hydrogens is 248 g/mol. The van der Waals surface area contributed by atoms with Crippen LogP contribution >= 0.6 is 11.8 Å². The molecule has 1 aliphatic heterocycles. The quantitative estimate of drug-likeness (QED) is 0.657. The molecule has 1 rings (SSSR count). The molecule has 2 unspecified atom stereocenters. The number of amides is 1. The molecule has 1 aliphatic rings. The number of nitrogens with one attached hydrogen (secondary N) is 2. The predicted molar refractivity (Wildman–Crippen MR) is 77.1 cm³/mol. The first kappa shape index (κ1) is 15.8. The van der Waals surface area contributed by atoms with Crippen LogP contribution in [0.2, 0.25) is 0 Å². The topological polar surface area (TPSA) is 50.4 Å². The highest BCUT2D eigenvalue weighted by atomic mass is 32.2. The Balaban J connectivity index is 2.15. The van der Waals surface area contributed by atoms with Gasteiger partial charge in [0.2, 0.25) is 5.91 Å². The van der Waals surface area contributed by atoms with Gasteiger partial charge in [0.25, 0.3) is 0 Å². The molecule has 0 radical (unpaired) electrons. The van der Waals surface area contributed by atoms with Crippen LogP contribution in [-0.2, 0) is 9.53 Å². The highest BCUT2D eigenvalue weighted by molar-refractivity contribution is 8.00. The van der Waals surface area contributed by atoms with Crippen molar-refractivity contribution in [3.63, 3.8) is 0 Å². The molecule has 4 nitrogen and oxygen atoms in total. The molecule has 106 valence electrons. The van der Waals surface area contributed by atoms with Gasteiger partial charge in [0, 0.05) is 31.6 Å². The molecule has 0 bridgehead atoms. The van der Waals surface area contributed by atoms with Gasteiger partial charge in [-0.05, 0) is 38.9 Å². The summed E-state index contributed by atoms with van der Waals surface area (Å²) in [6, 6.07) is -0.120. The number of ether oxygens (including phenoxy) is 1. The number of carbonyl (C=O) groups excluding carboxylic acids is 1. The lowest BCUT2D eigenvalue weighted by Crippen LogP contribution is -2.46. The third-order valence-corrected chi connectivity index (χ3v) is 4.84. The summed E-state index contributed by atoms with van der Waals surface area (Å²) >= 11 is 2.01. The van der Waals surface area contributed by atoms with Crippen molar-refractivity contribution in [1.82, 2.24) is 10.6 Å². The lowest BCUT2D eigenvalue weighted by molar-refractivity contribution is -0.122. The van der Waals surface area contributed by atoms with E-state index in [1.165, 1.54) is 18.6 Å². The Kier molecular flexibility index (Phi) is 7.04. The van der Waals surface area contributed by atoms with Crippen molar-refractivity contribution < 1.29 is 9.53 Å². The van der Waals surface area contributed by atoms with Crippen LogP contribution in [0.5, 0.6) is 0 Å². The zero-order chi connectivity index (χ0) is 13.4. The van der Waals surface area contributed by atoms with Gasteiger partial charge in [-0.2, -0.15) is 11.8 Å². The van der Waals surface area contributed by atoms with E-state index in [1.807, 2.05) is 18.7 Å². The summed E-state index contributed by atoms with van der Waals surface area (Å²) < 4.78 is 5.25. The van der Waals surface area contributed by atoms with Crippen LogP contribution in [0.4, 0.5) is 0 Å². The number of thioether (sulfide) groups is 1. The number of hydrogen-bond acceptors (Lipinski definition) is 4. The van der Waals surface area contributed by atoms with E-state index < -0.39 is 0 Å². The van der Waals surface area contributed by atoms with Gasteiger partial charge in [-0.3, -0.25) is 4.79 Å². The summed E-state index contributed by atoms with van der Waals surface area (Å²) in [4.78, 5) is 11.8. The summed E-state index contributed by atoms with van der Waals surface area (Å²) in [6.07, 6.45) is 3.40. The smallest absolute Gasteiger partial charge is 0.236 e. The molecule has 0 aromatic heterocycles. The van der Waals surface area contributed by atoms with Gasteiger partial charge >= 0.3 is 0 Å². The van der Waals surface area contributed by atoms with Crippen molar-refractivity contribution in [2.24, 2.45) is 0 Å².